The summed E-state index contributed by atoms with van der Waals surface area (Å²) in [7, 11) is 1.97. The number of nitrogens with zero attached hydrogens (tertiary/aromatic N) is 1. The molecule has 0 radical (unpaired) electrons. The van der Waals surface area contributed by atoms with Gasteiger partial charge in [0.25, 0.3) is 0 Å². The van der Waals surface area contributed by atoms with E-state index >= 15 is 0 Å². The summed E-state index contributed by atoms with van der Waals surface area (Å²) in [5.74, 6) is 0.0224. The summed E-state index contributed by atoms with van der Waals surface area (Å²) in [5, 5.41) is 7.20. The third-order valence-corrected chi connectivity index (χ3v) is 4.95. The molecule has 0 aliphatic carbocycles. The van der Waals surface area contributed by atoms with Crippen LogP contribution in [0.4, 0.5) is 5.69 Å². The van der Waals surface area contributed by atoms with Crippen LogP contribution in [-0.2, 0) is 11.3 Å². The zero-order valence-corrected chi connectivity index (χ0v) is 14.1. The van der Waals surface area contributed by atoms with Crippen molar-refractivity contribution in [1.29, 1.82) is 0 Å². The number of benzene rings is 1. The predicted molar refractivity (Wildman–Crippen MR) is 92.1 cm³/mol. The Bertz CT molecular complexity index is 584. The zero-order valence-electron chi connectivity index (χ0n) is 12.5. The molecule has 1 aromatic carbocycles. The van der Waals surface area contributed by atoms with Crippen molar-refractivity contribution in [2.75, 3.05) is 18.6 Å². The largest absolute Gasteiger partial charge is 0.324 e. The number of para-hydroxylation sites is 1. The molecule has 0 bridgehead atoms. The van der Waals surface area contributed by atoms with Crippen LogP contribution in [-0.4, -0.2) is 30.2 Å². The fourth-order valence-corrected chi connectivity index (χ4v) is 3.21. The molecule has 1 amide bonds. The van der Waals surface area contributed by atoms with E-state index in [4.69, 9.17) is 0 Å². The van der Waals surface area contributed by atoms with Gasteiger partial charge < -0.3 is 5.32 Å². The fourth-order valence-electron chi connectivity index (χ4n) is 1.99. The van der Waals surface area contributed by atoms with E-state index in [2.05, 4.69) is 27.0 Å². The number of hydrogen-bond donors (Lipinski definition) is 1. The number of hydrogen-bond acceptors (Lipinski definition) is 4. The molecule has 0 unspecified atom stereocenters. The number of carbonyl (C=O) groups excluding carboxylic acids is 1. The Balaban J connectivity index is 1.98. The van der Waals surface area contributed by atoms with Crippen LogP contribution in [0.15, 0.2) is 46.0 Å². The smallest absolute Gasteiger partial charge is 0.241 e. The molecule has 3 nitrogen and oxygen atoms in total. The highest BCUT2D eigenvalue weighted by Gasteiger charge is 2.19. The highest BCUT2D eigenvalue weighted by molar-refractivity contribution is 7.98. The van der Waals surface area contributed by atoms with Gasteiger partial charge in [-0.1, -0.05) is 12.1 Å². The molecule has 0 aliphatic heterocycles. The van der Waals surface area contributed by atoms with Gasteiger partial charge >= 0.3 is 0 Å². The number of amides is 1. The third-order valence-electron chi connectivity index (χ3n) is 3.42. The fraction of sp³-hybridized carbons (Fsp3) is 0.312. The second-order valence-electron chi connectivity index (χ2n) is 4.91. The van der Waals surface area contributed by atoms with E-state index in [0.717, 1.165) is 17.1 Å². The van der Waals surface area contributed by atoms with E-state index in [1.807, 2.05) is 44.5 Å². The lowest BCUT2D eigenvalue weighted by Gasteiger charge is -2.23. The second-order valence-corrected chi connectivity index (χ2v) is 6.54. The van der Waals surface area contributed by atoms with Crippen molar-refractivity contribution in [3.8, 4) is 0 Å². The summed E-state index contributed by atoms with van der Waals surface area (Å²) in [6.07, 6.45) is 2.01. The molecule has 1 atom stereocenters. The van der Waals surface area contributed by atoms with Gasteiger partial charge in [0.15, 0.2) is 0 Å². The lowest BCUT2D eigenvalue weighted by molar-refractivity contribution is -0.120. The number of carbonyl (C=O) groups is 1. The van der Waals surface area contributed by atoms with Crippen LogP contribution >= 0.6 is 23.1 Å². The number of thiophene rings is 1. The van der Waals surface area contributed by atoms with Crippen molar-refractivity contribution in [3.63, 3.8) is 0 Å². The first-order chi connectivity index (χ1) is 10.1. The third kappa shape index (κ3) is 4.33. The summed E-state index contributed by atoms with van der Waals surface area (Å²) in [6.45, 7) is 2.71. The molecular weight excluding hydrogens is 300 g/mol. The van der Waals surface area contributed by atoms with E-state index in [-0.39, 0.29) is 11.9 Å². The van der Waals surface area contributed by atoms with Crippen LogP contribution in [0.1, 0.15) is 12.5 Å². The molecule has 0 fully saturated rings. The van der Waals surface area contributed by atoms with E-state index in [0.29, 0.717) is 0 Å². The van der Waals surface area contributed by atoms with Gasteiger partial charge in [-0.15, -0.1) is 11.8 Å². The number of rotatable bonds is 6. The van der Waals surface area contributed by atoms with Gasteiger partial charge in [-0.3, -0.25) is 9.69 Å². The van der Waals surface area contributed by atoms with Crippen LogP contribution in [0.25, 0.3) is 0 Å². The van der Waals surface area contributed by atoms with Crippen molar-refractivity contribution in [2.45, 2.75) is 24.4 Å². The van der Waals surface area contributed by atoms with Crippen LogP contribution < -0.4 is 5.32 Å². The molecule has 21 heavy (non-hydrogen) atoms. The molecule has 2 aromatic rings. The lowest BCUT2D eigenvalue weighted by atomic mass is 10.2. The Morgan fingerprint density at radius 3 is 2.81 bits per heavy atom. The van der Waals surface area contributed by atoms with E-state index < -0.39 is 0 Å². The van der Waals surface area contributed by atoms with Crippen LogP contribution in [0.3, 0.4) is 0 Å². The van der Waals surface area contributed by atoms with Crippen LogP contribution in [0.2, 0.25) is 0 Å². The van der Waals surface area contributed by atoms with E-state index in [1.165, 1.54) is 5.56 Å². The standard InChI is InChI=1S/C16H20N2OS2/c1-12(18(2)10-13-8-9-21-11-13)16(19)17-14-6-4-5-7-15(14)20-3/h4-9,11-12H,10H2,1-3H3,(H,17,19)/t12-/m1/s1. The zero-order chi connectivity index (χ0) is 15.2. The molecule has 0 aliphatic rings. The van der Waals surface area contributed by atoms with Crippen molar-refractivity contribution < 1.29 is 4.79 Å². The Morgan fingerprint density at radius 2 is 2.14 bits per heavy atom. The topological polar surface area (TPSA) is 32.3 Å². The van der Waals surface area contributed by atoms with Crippen molar-refractivity contribution >= 4 is 34.7 Å². The van der Waals surface area contributed by atoms with E-state index in [1.54, 1.807) is 23.1 Å². The van der Waals surface area contributed by atoms with Gasteiger partial charge in [0, 0.05) is 11.4 Å². The average Bonchev–Trinajstić information content (AvgIpc) is 2.99. The molecule has 0 saturated carbocycles. The average molecular weight is 320 g/mol. The van der Waals surface area contributed by atoms with Gasteiger partial charge in [-0.05, 0) is 54.7 Å². The summed E-state index contributed by atoms with van der Waals surface area (Å²) in [5.41, 5.74) is 2.12. The number of likely N-dealkylation sites (N-methyl/N-ethyl adjacent to an activating group) is 1. The summed E-state index contributed by atoms with van der Waals surface area (Å²) in [6, 6.07) is 9.78. The normalized spacial score (nSPS) is 12.4. The van der Waals surface area contributed by atoms with Crippen LogP contribution in [0.5, 0.6) is 0 Å². The van der Waals surface area contributed by atoms with Crippen molar-refractivity contribution in [3.05, 3.63) is 46.7 Å². The van der Waals surface area contributed by atoms with Gasteiger partial charge in [0.1, 0.15) is 0 Å². The lowest BCUT2D eigenvalue weighted by Crippen LogP contribution is -2.39. The Labute approximate surface area is 134 Å². The van der Waals surface area contributed by atoms with Gasteiger partial charge in [-0.25, -0.2) is 0 Å². The molecule has 112 valence electrons. The van der Waals surface area contributed by atoms with Crippen LogP contribution in [0, 0.1) is 0 Å². The Kier molecular flexibility index (Phi) is 5.85. The van der Waals surface area contributed by atoms with Gasteiger partial charge in [-0.2, -0.15) is 11.3 Å². The molecule has 2 rings (SSSR count). The molecule has 1 heterocycles. The molecule has 1 N–H and O–H groups in total. The van der Waals surface area contributed by atoms with Crippen molar-refractivity contribution in [2.24, 2.45) is 0 Å². The Morgan fingerprint density at radius 1 is 1.38 bits per heavy atom. The molecule has 0 spiro atoms. The first-order valence-corrected chi connectivity index (χ1v) is 8.93. The summed E-state index contributed by atoms with van der Waals surface area (Å²) >= 11 is 3.31. The molecular formula is C16H20N2OS2. The van der Waals surface area contributed by atoms with E-state index in [9.17, 15) is 4.79 Å². The molecule has 1 aromatic heterocycles. The number of anilines is 1. The molecule has 0 saturated heterocycles. The number of thioether (sulfide) groups is 1. The first-order valence-electron chi connectivity index (χ1n) is 6.77. The SMILES string of the molecule is CSc1ccccc1NC(=O)[C@@H](C)N(C)Cc1ccsc1. The Hall–Kier alpha value is -1.30. The highest BCUT2D eigenvalue weighted by atomic mass is 32.2. The minimum Gasteiger partial charge on any atom is -0.324 e. The van der Waals surface area contributed by atoms with Crippen molar-refractivity contribution in [1.82, 2.24) is 4.90 Å². The summed E-state index contributed by atoms with van der Waals surface area (Å²) < 4.78 is 0. The minimum absolute atomic E-state index is 0.0224. The van der Waals surface area contributed by atoms with Gasteiger partial charge in [0.05, 0.1) is 11.7 Å². The maximum atomic E-state index is 12.4. The summed E-state index contributed by atoms with van der Waals surface area (Å²) in [4.78, 5) is 15.5. The highest BCUT2D eigenvalue weighted by Crippen LogP contribution is 2.25. The maximum absolute atomic E-state index is 12.4. The molecule has 5 heteroatoms. The number of nitrogens with one attached hydrogen (secondary N) is 1. The minimum atomic E-state index is -0.181. The first kappa shape index (κ1) is 16.1. The predicted octanol–water partition coefficient (Wildman–Crippen LogP) is 3.93. The maximum Gasteiger partial charge on any atom is 0.241 e. The quantitative estimate of drug-likeness (QED) is 0.819. The monoisotopic (exact) mass is 320 g/mol. The second kappa shape index (κ2) is 7.64. The van der Waals surface area contributed by atoms with Gasteiger partial charge in [0.2, 0.25) is 5.91 Å².